The Morgan fingerprint density at radius 2 is 2.14 bits per heavy atom. The van der Waals surface area contributed by atoms with Crippen LogP contribution in [0.25, 0.3) is 0 Å². The number of nitrogens with zero attached hydrogens (tertiary/aromatic N) is 1. The van der Waals surface area contributed by atoms with Crippen molar-refractivity contribution < 1.29 is 4.79 Å². The molecule has 4 heteroatoms. The van der Waals surface area contributed by atoms with Crippen LogP contribution >= 0.6 is 0 Å². The summed E-state index contributed by atoms with van der Waals surface area (Å²) >= 11 is 0. The Hall–Kier alpha value is -2.62. The summed E-state index contributed by atoms with van der Waals surface area (Å²) in [5.74, 6) is -0.151. The number of nitrogens with one attached hydrogen (secondary N) is 2. The third-order valence-electron chi connectivity index (χ3n) is 3.15. The van der Waals surface area contributed by atoms with E-state index in [1.807, 2.05) is 12.1 Å². The van der Waals surface area contributed by atoms with Crippen molar-refractivity contribution in [1.29, 1.82) is 0 Å². The van der Waals surface area contributed by atoms with E-state index < -0.39 is 0 Å². The minimum Gasteiger partial charge on any atom is -0.380 e. The van der Waals surface area contributed by atoms with Crippen molar-refractivity contribution in [2.75, 3.05) is 11.9 Å². The van der Waals surface area contributed by atoms with E-state index in [9.17, 15) is 4.79 Å². The molecule has 4 nitrogen and oxygen atoms in total. The first-order chi connectivity index (χ1) is 10.2. The van der Waals surface area contributed by atoms with E-state index >= 15 is 0 Å². The zero-order valence-electron chi connectivity index (χ0n) is 12.1. The lowest BCUT2D eigenvalue weighted by Crippen LogP contribution is -2.23. The first-order valence-corrected chi connectivity index (χ1v) is 6.83. The highest BCUT2D eigenvalue weighted by molar-refractivity contribution is 5.94. The van der Waals surface area contributed by atoms with Crippen molar-refractivity contribution in [3.8, 4) is 0 Å². The summed E-state index contributed by atoms with van der Waals surface area (Å²) in [7, 11) is 0. The molecule has 1 amide bonds. The molecule has 0 aliphatic rings. The summed E-state index contributed by atoms with van der Waals surface area (Å²) in [6.45, 7) is 6.79. The van der Waals surface area contributed by atoms with Crippen molar-refractivity contribution in [2.24, 2.45) is 0 Å². The van der Waals surface area contributed by atoms with Crippen LogP contribution in [0.1, 0.15) is 21.5 Å². The number of hydrogen-bond donors (Lipinski definition) is 2. The van der Waals surface area contributed by atoms with Crippen LogP contribution in [0.4, 0.5) is 5.69 Å². The van der Waals surface area contributed by atoms with Gasteiger partial charge >= 0.3 is 0 Å². The number of aromatic nitrogens is 1. The first kappa shape index (κ1) is 14.8. The van der Waals surface area contributed by atoms with Crippen LogP contribution in [-0.2, 0) is 6.54 Å². The topological polar surface area (TPSA) is 54.0 Å². The lowest BCUT2D eigenvalue weighted by molar-refractivity contribution is 0.0957. The van der Waals surface area contributed by atoms with Gasteiger partial charge in [0.15, 0.2) is 0 Å². The number of carbonyl (C=O) groups excluding carboxylic acids is 1. The van der Waals surface area contributed by atoms with Gasteiger partial charge in [-0.2, -0.15) is 0 Å². The zero-order valence-corrected chi connectivity index (χ0v) is 12.1. The number of hydrogen-bond acceptors (Lipinski definition) is 3. The Morgan fingerprint density at radius 3 is 2.90 bits per heavy atom. The quantitative estimate of drug-likeness (QED) is 0.800. The number of pyridine rings is 1. The molecule has 0 aliphatic carbocycles. The van der Waals surface area contributed by atoms with Gasteiger partial charge in [-0.05, 0) is 24.1 Å². The molecule has 21 heavy (non-hydrogen) atoms. The van der Waals surface area contributed by atoms with E-state index in [1.54, 1.807) is 24.5 Å². The van der Waals surface area contributed by atoms with Crippen molar-refractivity contribution in [1.82, 2.24) is 10.3 Å². The molecule has 0 atom stereocenters. The molecule has 2 aromatic rings. The number of anilines is 1. The minimum atomic E-state index is -0.151. The van der Waals surface area contributed by atoms with Crippen LogP contribution < -0.4 is 10.6 Å². The van der Waals surface area contributed by atoms with Crippen LogP contribution in [-0.4, -0.2) is 17.4 Å². The SMILES string of the molecule is C=CCNC(=O)c1cncc(NCc2ccccc2C)c1. The van der Waals surface area contributed by atoms with E-state index in [1.165, 1.54) is 11.1 Å². The zero-order chi connectivity index (χ0) is 15.1. The molecule has 0 unspecified atom stereocenters. The van der Waals surface area contributed by atoms with E-state index in [-0.39, 0.29) is 5.91 Å². The third kappa shape index (κ3) is 4.18. The van der Waals surface area contributed by atoms with Gasteiger partial charge in [0.25, 0.3) is 5.91 Å². The highest BCUT2D eigenvalue weighted by atomic mass is 16.1. The number of benzene rings is 1. The second-order valence-electron chi connectivity index (χ2n) is 4.74. The van der Waals surface area contributed by atoms with Crippen LogP contribution in [0.15, 0.2) is 55.4 Å². The average molecular weight is 281 g/mol. The molecule has 1 aromatic heterocycles. The van der Waals surface area contributed by atoms with Gasteiger partial charge in [-0.3, -0.25) is 9.78 Å². The van der Waals surface area contributed by atoms with Crippen LogP contribution in [0.3, 0.4) is 0 Å². The predicted octanol–water partition coefficient (Wildman–Crippen LogP) is 2.92. The molecule has 1 heterocycles. The van der Waals surface area contributed by atoms with Gasteiger partial charge in [-0.15, -0.1) is 6.58 Å². The molecular weight excluding hydrogens is 262 g/mol. The van der Waals surface area contributed by atoms with Gasteiger partial charge in [0.05, 0.1) is 11.3 Å². The van der Waals surface area contributed by atoms with E-state index in [0.717, 1.165) is 5.69 Å². The molecule has 0 radical (unpaired) electrons. The molecule has 108 valence electrons. The molecule has 0 spiro atoms. The fraction of sp³-hybridized carbons (Fsp3) is 0.176. The second kappa shape index (κ2) is 7.24. The molecule has 0 saturated heterocycles. The minimum absolute atomic E-state index is 0.151. The van der Waals surface area contributed by atoms with Gasteiger partial charge in [-0.1, -0.05) is 30.3 Å². The third-order valence-corrected chi connectivity index (χ3v) is 3.15. The summed E-state index contributed by atoms with van der Waals surface area (Å²) in [6.07, 6.45) is 4.91. The van der Waals surface area contributed by atoms with E-state index in [2.05, 4.69) is 41.3 Å². The Balaban J connectivity index is 2.03. The standard InChI is InChI=1S/C17H19N3O/c1-3-8-19-17(21)15-9-16(12-18-10-15)20-11-14-7-5-4-6-13(14)2/h3-7,9-10,12,20H,1,8,11H2,2H3,(H,19,21). The summed E-state index contributed by atoms with van der Waals surface area (Å²) < 4.78 is 0. The molecule has 2 rings (SSSR count). The maximum atomic E-state index is 11.9. The van der Waals surface area contributed by atoms with Gasteiger partial charge in [0, 0.05) is 25.5 Å². The lowest BCUT2D eigenvalue weighted by Gasteiger charge is -2.10. The summed E-state index contributed by atoms with van der Waals surface area (Å²) in [4.78, 5) is 16.0. The number of carbonyl (C=O) groups is 1. The highest BCUT2D eigenvalue weighted by Gasteiger charge is 2.06. The fourth-order valence-corrected chi connectivity index (χ4v) is 1.93. The summed E-state index contributed by atoms with van der Waals surface area (Å²) in [5, 5.41) is 6.02. The first-order valence-electron chi connectivity index (χ1n) is 6.83. The maximum absolute atomic E-state index is 11.9. The van der Waals surface area contributed by atoms with E-state index in [4.69, 9.17) is 0 Å². The fourth-order valence-electron chi connectivity index (χ4n) is 1.93. The molecule has 0 aliphatic heterocycles. The van der Waals surface area contributed by atoms with E-state index in [0.29, 0.717) is 18.7 Å². The number of aryl methyl sites for hydroxylation is 1. The molecule has 0 bridgehead atoms. The lowest BCUT2D eigenvalue weighted by atomic mass is 10.1. The largest absolute Gasteiger partial charge is 0.380 e. The van der Waals surface area contributed by atoms with Crippen molar-refractivity contribution >= 4 is 11.6 Å². The van der Waals surface area contributed by atoms with Crippen molar-refractivity contribution in [3.63, 3.8) is 0 Å². The smallest absolute Gasteiger partial charge is 0.253 e. The summed E-state index contributed by atoms with van der Waals surface area (Å²) in [5.41, 5.74) is 3.81. The Bertz CT molecular complexity index is 637. The molecule has 0 fully saturated rings. The normalized spacial score (nSPS) is 9.95. The van der Waals surface area contributed by atoms with Crippen molar-refractivity contribution in [3.05, 3.63) is 72.1 Å². The molecule has 0 saturated carbocycles. The van der Waals surface area contributed by atoms with Crippen molar-refractivity contribution in [2.45, 2.75) is 13.5 Å². The van der Waals surface area contributed by atoms with Crippen LogP contribution in [0.2, 0.25) is 0 Å². The van der Waals surface area contributed by atoms with Crippen LogP contribution in [0, 0.1) is 6.92 Å². The summed E-state index contributed by atoms with van der Waals surface area (Å²) in [6, 6.07) is 9.99. The molecule has 1 aromatic carbocycles. The predicted molar refractivity (Wildman–Crippen MR) is 85.3 cm³/mol. The number of rotatable bonds is 6. The molecule has 2 N–H and O–H groups in total. The van der Waals surface area contributed by atoms with Gasteiger partial charge in [0.2, 0.25) is 0 Å². The van der Waals surface area contributed by atoms with Gasteiger partial charge < -0.3 is 10.6 Å². The second-order valence-corrected chi connectivity index (χ2v) is 4.74. The Morgan fingerprint density at radius 1 is 1.33 bits per heavy atom. The monoisotopic (exact) mass is 281 g/mol. The Labute approximate surface area is 124 Å². The van der Waals surface area contributed by atoms with Gasteiger partial charge in [-0.25, -0.2) is 0 Å². The highest BCUT2D eigenvalue weighted by Crippen LogP contribution is 2.12. The molecular formula is C17H19N3O. The Kier molecular flexibility index (Phi) is 5.10. The average Bonchev–Trinajstić information content (AvgIpc) is 2.52. The maximum Gasteiger partial charge on any atom is 0.253 e. The van der Waals surface area contributed by atoms with Gasteiger partial charge in [0.1, 0.15) is 0 Å². The van der Waals surface area contributed by atoms with Crippen LogP contribution in [0.5, 0.6) is 0 Å². The number of amides is 1.